The Morgan fingerprint density at radius 1 is 0.774 bits per heavy atom. The van der Waals surface area contributed by atoms with E-state index in [9.17, 15) is 29.3 Å². The maximum Gasteiger partial charge on any atom is 0.410 e. The third kappa shape index (κ3) is 7.13. The van der Waals surface area contributed by atoms with Gasteiger partial charge in [0.1, 0.15) is 13.2 Å². The second kappa shape index (κ2) is 15.1. The van der Waals surface area contributed by atoms with Gasteiger partial charge in [0.2, 0.25) is 0 Å². The first-order chi connectivity index (χ1) is 25.7. The number of nitrogens with zero attached hydrogens (tertiary/aromatic N) is 2. The molecule has 2 atom stereocenters. The van der Waals surface area contributed by atoms with Gasteiger partial charge in [0.25, 0.3) is 17.5 Å². The number of amides is 3. The van der Waals surface area contributed by atoms with E-state index in [1.54, 1.807) is 16.7 Å². The van der Waals surface area contributed by atoms with Crippen molar-refractivity contribution >= 4 is 41.3 Å². The first-order valence-corrected chi connectivity index (χ1v) is 17.8. The molecule has 0 saturated carbocycles. The number of hydrogen-bond acceptors (Lipinski definition) is 9. The van der Waals surface area contributed by atoms with Crippen LogP contribution in [0.25, 0.3) is 0 Å². The van der Waals surface area contributed by atoms with Crippen molar-refractivity contribution in [1.29, 1.82) is 0 Å². The molecule has 0 aromatic heterocycles. The Bertz CT molecular complexity index is 2070. The fourth-order valence-electron chi connectivity index (χ4n) is 6.89. The summed E-state index contributed by atoms with van der Waals surface area (Å²) in [7, 11) is 0. The average molecular weight is 728 g/mol. The van der Waals surface area contributed by atoms with Gasteiger partial charge in [-0.25, -0.2) is 9.59 Å². The molecule has 0 spiro atoms. The lowest BCUT2D eigenvalue weighted by Gasteiger charge is -2.37. The minimum Gasteiger partial charge on any atom is -0.460 e. The van der Waals surface area contributed by atoms with Crippen LogP contribution in [0.1, 0.15) is 59.7 Å². The van der Waals surface area contributed by atoms with E-state index < -0.39 is 39.6 Å². The standard InChI is InChI=1S/C41H33N3O8S/c45-37-34-17-10-18-35(36(34)38(46)42-37)39(47)51-26-32-23-33(24-43(32)40(48)52-25-27-19-21-31(22-20-27)44(49)50)53-41(28-11-4-1-5-12-28,29-13-6-2-7-14-29)30-15-8-3-9-16-30/h1-22,32-33H,23-26H2,(H,42,45,46)/t32-,33-/m0/s1. The Kier molecular flexibility index (Phi) is 10.0. The number of non-ortho nitro benzene ring substituents is 1. The molecular weight excluding hydrogens is 695 g/mol. The molecule has 0 aliphatic carbocycles. The minimum atomic E-state index is -0.797. The number of fused-ring (bicyclic) bond motifs is 1. The van der Waals surface area contributed by atoms with E-state index in [-0.39, 0.29) is 47.4 Å². The zero-order valence-corrected chi connectivity index (χ0v) is 29.1. The number of nitrogens with one attached hydrogen (secondary N) is 1. The van der Waals surface area contributed by atoms with Crippen LogP contribution in [-0.2, 0) is 20.8 Å². The smallest absolute Gasteiger partial charge is 0.410 e. The van der Waals surface area contributed by atoms with Gasteiger partial charge in [-0.2, -0.15) is 0 Å². The molecule has 1 saturated heterocycles. The zero-order chi connectivity index (χ0) is 37.0. The second-order valence-corrected chi connectivity index (χ2v) is 14.2. The number of carbonyl (C=O) groups excluding carboxylic acids is 4. The fraction of sp³-hybridized carbons (Fsp3) is 0.171. The van der Waals surface area contributed by atoms with Crippen LogP contribution < -0.4 is 5.32 Å². The lowest BCUT2D eigenvalue weighted by Crippen LogP contribution is -2.39. The predicted molar refractivity (Wildman–Crippen MR) is 198 cm³/mol. The largest absolute Gasteiger partial charge is 0.460 e. The zero-order valence-electron chi connectivity index (χ0n) is 28.3. The highest BCUT2D eigenvalue weighted by Crippen LogP contribution is 2.52. The summed E-state index contributed by atoms with van der Waals surface area (Å²) < 4.78 is 10.8. The molecule has 0 unspecified atom stereocenters. The SMILES string of the molecule is O=C1NC(=O)c2c1cccc2C(=O)OC[C@@H]1C[C@H](SC(c2ccccc2)(c2ccccc2)c2ccccc2)CN1C(=O)OCc1ccc([N+](=O)[O-])cc1. The van der Waals surface area contributed by atoms with Crippen LogP contribution in [0.2, 0.25) is 0 Å². The average Bonchev–Trinajstić information content (AvgIpc) is 3.74. The summed E-state index contributed by atoms with van der Waals surface area (Å²) in [4.78, 5) is 64.2. The summed E-state index contributed by atoms with van der Waals surface area (Å²) in [6.45, 7) is -0.0619. The third-order valence-corrected chi connectivity index (χ3v) is 11.1. The van der Waals surface area contributed by atoms with Gasteiger partial charge >= 0.3 is 12.1 Å². The molecule has 5 aromatic rings. The molecule has 2 heterocycles. The third-order valence-electron chi connectivity index (χ3n) is 9.39. The summed E-state index contributed by atoms with van der Waals surface area (Å²) in [5.74, 6) is -2.06. The maximum absolute atomic E-state index is 13.8. The Morgan fingerprint density at radius 3 is 1.92 bits per heavy atom. The lowest BCUT2D eigenvalue weighted by atomic mass is 9.84. The summed E-state index contributed by atoms with van der Waals surface area (Å²) in [5.41, 5.74) is 3.65. The quantitative estimate of drug-likeness (QED) is 0.0493. The number of rotatable bonds is 11. The lowest BCUT2D eigenvalue weighted by molar-refractivity contribution is -0.384. The van der Waals surface area contributed by atoms with Crippen LogP contribution in [0.3, 0.4) is 0 Å². The van der Waals surface area contributed by atoms with Crippen molar-refractivity contribution in [2.24, 2.45) is 0 Å². The number of nitro benzene ring substituents is 1. The van der Waals surface area contributed by atoms with Crippen molar-refractivity contribution in [2.75, 3.05) is 13.2 Å². The van der Waals surface area contributed by atoms with E-state index in [0.29, 0.717) is 12.0 Å². The van der Waals surface area contributed by atoms with Crippen molar-refractivity contribution in [2.45, 2.75) is 29.1 Å². The molecule has 0 radical (unpaired) electrons. The van der Waals surface area contributed by atoms with Crippen LogP contribution in [0.15, 0.2) is 133 Å². The van der Waals surface area contributed by atoms with Crippen LogP contribution in [0.4, 0.5) is 10.5 Å². The topological polar surface area (TPSA) is 145 Å². The highest BCUT2D eigenvalue weighted by molar-refractivity contribution is 8.01. The molecule has 2 aliphatic heterocycles. The Morgan fingerprint density at radius 2 is 1.36 bits per heavy atom. The maximum atomic E-state index is 13.8. The van der Waals surface area contributed by atoms with Crippen molar-refractivity contribution in [3.05, 3.63) is 183 Å². The molecule has 3 amide bonds. The summed E-state index contributed by atoms with van der Waals surface area (Å²) in [6.07, 6.45) is -0.201. The van der Waals surface area contributed by atoms with Gasteiger partial charge in [0, 0.05) is 23.9 Å². The van der Waals surface area contributed by atoms with Crippen LogP contribution >= 0.6 is 11.8 Å². The Labute approximate surface area is 309 Å². The van der Waals surface area contributed by atoms with Crippen LogP contribution in [0, 0.1) is 10.1 Å². The van der Waals surface area contributed by atoms with Gasteiger partial charge in [-0.3, -0.25) is 25.0 Å². The molecule has 2 aliphatic rings. The van der Waals surface area contributed by atoms with Gasteiger partial charge in [0.05, 0.1) is 32.4 Å². The highest BCUT2D eigenvalue weighted by Gasteiger charge is 2.45. The molecule has 266 valence electrons. The molecule has 7 rings (SSSR count). The summed E-state index contributed by atoms with van der Waals surface area (Å²) >= 11 is 1.71. The Hall–Kier alpha value is -6.27. The fourth-order valence-corrected chi connectivity index (χ4v) is 8.76. The minimum absolute atomic E-state index is 0.0416. The van der Waals surface area contributed by atoms with Gasteiger partial charge < -0.3 is 14.4 Å². The number of hydrogen-bond donors (Lipinski definition) is 1. The molecule has 12 heteroatoms. The number of esters is 1. The second-order valence-electron chi connectivity index (χ2n) is 12.6. The number of carbonyl (C=O) groups is 4. The van der Waals surface area contributed by atoms with Gasteiger partial charge in [-0.05, 0) is 52.9 Å². The van der Waals surface area contributed by atoms with Crippen LogP contribution in [0.5, 0.6) is 0 Å². The number of imide groups is 1. The van der Waals surface area contributed by atoms with Crippen molar-refractivity contribution < 1.29 is 33.6 Å². The van der Waals surface area contributed by atoms with Crippen molar-refractivity contribution in [3.63, 3.8) is 0 Å². The van der Waals surface area contributed by atoms with E-state index in [4.69, 9.17) is 9.47 Å². The first-order valence-electron chi connectivity index (χ1n) is 16.9. The monoisotopic (exact) mass is 727 g/mol. The van der Waals surface area contributed by atoms with E-state index in [1.807, 2.05) is 54.6 Å². The van der Waals surface area contributed by atoms with Crippen molar-refractivity contribution in [3.8, 4) is 0 Å². The van der Waals surface area contributed by atoms with E-state index in [0.717, 1.165) is 16.7 Å². The van der Waals surface area contributed by atoms with Gasteiger partial charge in [0.15, 0.2) is 0 Å². The number of thioether (sulfide) groups is 1. The molecule has 5 aromatic carbocycles. The van der Waals surface area contributed by atoms with E-state index >= 15 is 0 Å². The predicted octanol–water partition coefficient (Wildman–Crippen LogP) is 7.14. The first kappa shape index (κ1) is 35.1. The van der Waals surface area contributed by atoms with Crippen molar-refractivity contribution in [1.82, 2.24) is 10.2 Å². The number of likely N-dealkylation sites (tertiary alicyclic amines) is 1. The summed E-state index contributed by atoms with van der Waals surface area (Å²) in [6, 6.07) is 40.0. The molecule has 1 fully saturated rings. The number of benzene rings is 5. The molecular formula is C41H33N3O8S. The molecule has 53 heavy (non-hydrogen) atoms. The van der Waals surface area contributed by atoms with E-state index in [2.05, 4.69) is 41.7 Å². The summed E-state index contributed by atoms with van der Waals surface area (Å²) in [5, 5.41) is 13.2. The number of ether oxygens (including phenoxy) is 2. The highest BCUT2D eigenvalue weighted by atomic mass is 32.2. The molecule has 11 nitrogen and oxygen atoms in total. The van der Waals surface area contributed by atoms with E-state index in [1.165, 1.54) is 42.5 Å². The Balaban J connectivity index is 1.19. The number of nitro groups is 1. The molecule has 1 N–H and O–H groups in total. The normalized spacial score (nSPS) is 16.5. The van der Waals surface area contributed by atoms with Crippen LogP contribution in [-0.4, -0.2) is 58.1 Å². The van der Waals surface area contributed by atoms with Gasteiger partial charge in [-0.1, -0.05) is 97.1 Å². The molecule has 0 bridgehead atoms. The van der Waals surface area contributed by atoms with Gasteiger partial charge in [-0.15, -0.1) is 11.8 Å².